The third kappa shape index (κ3) is 30.6. The Labute approximate surface area is 297 Å². The summed E-state index contributed by atoms with van der Waals surface area (Å²) in [4.78, 5) is 12.4. The molecule has 4 unspecified atom stereocenters. The van der Waals surface area contributed by atoms with Crippen molar-refractivity contribution >= 4 is 5.91 Å². The molecule has 0 heterocycles. The molecular formula is C42H79NO5. The van der Waals surface area contributed by atoms with E-state index in [1.165, 1.54) is 109 Å². The molecule has 0 spiro atoms. The fraction of sp³-hybridized carbons (Fsp3) is 0.833. The van der Waals surface area contributed by atoms with Gasteiger partial charge >= 0.3 is 0 Å². The van der Waals surface area contributed by atoms with Gasteiger partial charge in [-0.05, 0) is 70.6 Å². The molecule has 1 amide bonds. The Morgan fingerprint density at radius 1 is 0.500 bits per heavy atom. The van der Waals surface area contributed by atoms with Gasteiger partial charge in [-0.1, -0.05) is 159 Å². The molecule has 6 nitrogen and oxygen atoms in total. The summed E-state index contributed by atoms with van der Waals surface area (Å²) < 4.78 is 0. The number of allylic oxidation sites excluding steroid dienone is 6. The summed E-state index contributed by atoms with van der Waals surface area (Å²) in [6.45, 7) is 3.96. The number of rotatable bonds is 36. The third-order valence-corrected chi connectivity index (χ3v) is 9.30. The molecule has 4 atom stereocenters. The van der Waals surface area contributed by atoms with Crippen molar-refractivity contribution in [3.63, 3.8) is 0 Å². The SMILES string of the molecule is CCCC/C=C\CCCCCC(O)C(=O)NC(CO)C(O)C(O)CCC/C=C/CC/C=C/CCCCCCCCCCCCCCCC. The topological polar surface area (TPSA) is 110 Å². The van der Waals surface area contributed by atoms with Crippen LogP contribution in [0.3, 0.4) is 0 Å². The highest BCUT2D eigenvalue weighted by Gasteiger charge is 2.28. The average molecular weight is 678 g/mol. The molecule has 0 bridgehead atoms. The summed E-state index contributed by atoms with van der Waals surface area (Å²) in [6.07, 6.45) is 41.9. The Hall–Kier alpha value is -1.47. The third-order valence-electron chi connectivity index (χ3n) is 9.30. The lowest BCUT2D eigenvalue weighted by Gasteiger charge is -2.27. The van der Waals surface area contributed by atoms with Crippen LogP contribution in [0.5, 0.6) is 0 Å². The van der Waals surface area contributed by atoms with Gasteiger partial charge in [0.15, 0.2) is 0 Å². The highest BCUT2D eigenvalue weighted by molar-refractivity contribution is 5.80. The van der Waals surface area contributed by atoms with E-state index in [9.17, 15) is 25.2 Å². The van der Waals surface area contributed by atoms with Crippen molar-refractivity contribution in [2.75, 3.05) is 6.61 Å². The van der Waals surface area contributed by atoms with E-state index in [1.807, 2.05) is 0 Å². The molecule has 0 aromatic rings. The van der Waals surface area contributed by atoms with E-state index in [-0.39, 0.29) is 0 Å². The van der Waals surface area contributed by atoms with Gasteiger partial charge in [-0.15, -0.1) is 0 Å². The quantitative estimate of drug-likeness (QED) is 0.0335. The molecule has 6 heteroatoms. The average Bonchev–Trinajstić information content (AvgIpc) is 3.09. The smallest absolute Gasteiger partial charge is 0.249 e. The highest BCUT2D eigenvalue weighted by Crippen LogP contribution is 2.14. The zero-order chi connectivity index (χ0) is 35.3. The van der Waals surface area contributed by atoms with Gasteiger partial charge < -0.3 is 25.7 Å². The van der Waals surface area contributed by atoms with Crippen molar-refractivity contribution in [3.05, 3.63) is 36.5 Å². The normalized spacial score (nSPS) is 14.7. The fourth-order valence-corrected chi connectivity index (χ4v) is 5.99. The predicted molar refractivity (Wildman–Crippen MR) is 205 cm³/mol. The fourth-order valence-electron chi connectivity index (χ4n) is 5.99. The summed E-state index contributed by atoms with van der Waals surface area (Å²) in [7, 11) is 0. The van der Waals surface area contributed by atoms with Crippen molar-refractivity contribution in [1.82, 2.24) is 5.32 Å². The number of amides is 1. The van der Waals surface area contributed by atoms with Crippen LogP contribution in [0, 0.1) is 0 Å². The number of carbonyl (C=O) groups is 1. The largest absolute Gasteiger partial charge is 0.394 e. The predicted octanol–water partition coefficient (Wildman–Crippen LogP) is 10.2. The van der Waals surface area contributed by atoms with Crippen LogP contribution in [0.25, 0.3) is 0 Å². The summed E-state index contributed by atoms with van der Waals surface area (Å²) in [5.41, 5.74) is 0. The van der Waals surface area contributed by atoms with E-state index in [1.54, 1.807) is 0 Å². The van der Waals surface area contributed by atoms with E-state index in [0.717, 1.165) is 51.4 Å². The monoisotopic (exact) mass is 678 g/mol. The van der Waals surface area contributed by atoms with Crippen molar-refractivity contribution in [2.45, 2.75) is 218 Å². The Morgan fingerprint density at radius 2 is 0.896 bits per heavy atom. The van der Waals surface area contributed by atoms with Crippen molar-refractivity contribution in [1.29, 1.82) is 0 Å². The molecular weight excluding hydrogens is 598 g/mol. The first-order chi connectivity index (χ1) is 23.5. The maximum atomic E-state index is 12.4. The van der Waals surface area contributed by atoms with Gasteiger partial charge in [-0.2, -0.15) is 0 Å². The second-order valence-corrected chi connectivity index (χ2v) is 14.0. The molecule has 0 rings (SSSR count). The maximum Gasteiger partial charge on any atom is 0.249 e. The molecule has 0 fully saturated rings. The number of hydrogen-bond acceptors (Lipinski definition) is 5. The van der Waals surface area contributed by atoms with Crippen LogP contribution in [-0.4, -0.2) is 57.3 Å². The Balaban J connectivity index is 3.79. The van der Waals surface area contributed by atoms with Crippen LogP contribution in [0.1, 0.15) is 194 Å². The first-order valence-electron chi connectivity index (χ1n) is 20.4. The maximum absolute atomic E-state index is 12.4. The molecule has 0 aliphatic carbocycles. The molecule has 0 saturated carbocycles. The van der Waals surface area contributed by atoms with Crippen LogP contribution < -0.4 is 5.32 Å². The minimum absolute atomic E-state index is 0.337. The van der Waals surface area contributed by atoms with Crippen LogP contribution in [0.2, 0.25) is 0 Å². The first kappa shape index (κ1) is 46.5. The number of aliphatic hydroxyl groups is 4. The zero-order valence-electron chi connectivity index (χ0n) is 31.5. The van der Waals surface area contributed by atoms with E-state index in [4.69, 9.17) is 0 Å². The highest BCUT2D eigenvalue weighted by atomic mass is 16.3. The molecule has 0 aromatic carbocycles. The van der Waals surface area contributed by atoms with Crippen molar-refractivity contribution in [3.8, 4) is 0 Å². The molecule has 282 valence electrons. The van der Waals surface area contributed by atoms with E-state index in [2.05, 4.69) is 55.6 Å². The lowest BCUT2D eigenvalue weighted by molar-refractivity contribution is -0.132. The summed E-state index contributed by atoms with van der Waals surface area (Å²) >= 11 is 0. The molecule has 0 saturated heterocycles. The molecule has 48 heavy (non-hydrogen) atoms. The Bertz CT molecular complexity index is 767. The van der Waals surface area contributed by atoms with Gasteiger partial charge in [0.1, 0.15) is 12.2 Å². The number of hydrogen-bond donors (Lipinski definition) is 5. The molecule has 0 aliphatic rings. The van der Waals surface area contributed by atoms with E-state index >= 15 is 0 Å². The van der Waals surface area contributed by atoms with E-state index < -0.39 is 36.9 Å². The van der Waals surface area contributed by atoms with Crippen LogP contribution in [-0.2, 0) is 4.79 Å². The van der Waals surface area contributed by atoms with Gasteiger partial charge in [0.2, 0.25) is 5.91 Å². The number of aliphatic hydroxyl groups excluding tert-OH is 4. The van der Waals surface area contributed by atoms with Crippen molar-refractivity contribution < 1.29 is 25.2 Å². The molecule has 0 aliphatic heterocycles. The molecule has 0 radical (unpaired) electrons. The van der Waals surface area contributed by atoms with Crippen LogP contribution in [0.4, 0.5) is 0 Å². The zero-order valence-corrected chi connectivity index (χ0v) is 31.5. The summed E-state index contributed by atoms with van der Waals surface area (Å²) in [5.74, 6) is -0.615. The van der Waals surface area contributed by atoms with Gasteiger partial charge in [-0.3, -0.25) is 4.79 Å². The summed E-state index contributed by atoms with van der Waals surface area (Å²) in [5, 5.41) is 43.3. The first-order valence-corrected chi connectivity index (χ1v) is 20.4. The number of nitrogens with one attached hydrogen (secondary N) is 1. The number of unbranched alkanes of at least 4 members (excludes halogenated alkanes) is 21. The van der Waals surface area contributed by atoms with E-state index in [0.29, 0.717) is 19.3 Å². The number of carbonyl (C=O) groups excluding carboxylic acids is 1. The van der Waals surface area contributed by atoms with Crippen LogP contribution in [0.15, 0.2) is 36.5 Å². The van der Waals surface area contributed by atoms with Gasteiger partial charge in [0.05, 0.1) is 18.8 Å². The van der Waals surface area contributed by atoms with Crippen LogP contribution >= 0.6 is 0 Å². The van der Waals surface area contributed by atoms with Gasteiger partial charge in [0.25, 0.3) is 0 Å². The second kappa shape index (κ2) is 36.8. The second-order valence-electron chi connectivity index (χ2n) is 14.0. The van der Waals surface area contributed by atoms with Crippen molar-refractivity contribution in [2.24, 2.45) is 0 Å². The Kier molecular flexibility index (Phi) is 35.7. The molecule has 0 aromatic heterocycles. The molecule has 5 N–H and O–H groups in total. The standard InChI is InChI=1S/C42H79NO5/c1-3-5-7-9-11-13-14-15-16-17-18-19-20-21-22-23-24-25-26-28-29-31-33-35-39(45)41(47)38(37-44)43-42(48)40(46)36-34-32-30-27-12-10-8-6-4-2/h10,12,23-24,28-29,38-41,44-47H,3-9,11,13-22,25-27,30-37H2,1-2H3,(H,43,48)/b12-10-,24-23+,29-28+. The Morgan fingerprint density at radius 3 is 1.38 bits per heavy atom. The minimum atomic E-state index is -1.29. The summed E-state index contributed by atoms with van der Waals surface area (Å²) in [6, 6.07) is -1.01. The van der Waals surface area contributed by atoms with Gasteiger partial charge in [-0.25, -0.2) is 0 Å². The minimum Gasteiger partial charge on any atom is -0.394 e. The lowest BCUT2D eigenvalue weighted by atomic mass is 10.00. The lowest BCUT2D eigenvalue weighted by Crippen LogP contribution is -2.53. The van der Waals surface area contributed by atoms with Gasteiger partial charge in [0, 0.05) is 0 Å².